The molecule has 1 aromatic carbocycles. The lowest BCUT2D eigenvalue weighted by atomic mass is 10.00. The number of aromatic nitrogens is 2. The van der Waals surface area contributed by atoms with Crippen LogP contribution in [0.5, 0.6) is 0 Å². The monoisotopic (exact) mass is 351 g/mol. The van der Waals surface area contributed by atoms with E-state index in [2.05, 4.69) is 9.97 Å². The number of aromatic amines is 1. The third kappa shape index (κ3) is 2.78. The molecule has 1 aliphatic heterocycles. The van der Waals surface area contributed by atoms with Crippen LogP contribution in [0.4, 0.5) is 0 Å². The number of amides is 1. The van der Waals surface area contributed by atoms with E-state index in [0.29, 0.717) is 30.8 Å². The first-order valence-electron chi connectivity index (χ1n) is 8.13. The molecule has 3 aromatic rings. The lowest BCUT2D eigenvalue weighted by Crippen LogP contribution is -2.39. The molecule has 1 aliphatic rings. The molecule has 0 fully saturated rings. The molecule has 0 aliphatic carbocycles. The predicted molar refractivity (Wildman–Crippen MR) is 97.8 cm³/mol. The molecule has 0 saturated carbocycles. The van der Waals surface area contributed by atoms with Crippen LogP contribution in [0.25, 0.3) is 11.1 Å². The van der Waals surface area contributed by atoms with E-state index >= 15 is 0 Å². The summed E-state index contributed by atoms with van der Waals surface area (Å²) in [6.07, 6.45) is 1.94. The molecule has 5 nitrogen and oxygen atoms in total. The van der Waals surface area contributed by atoms with E-state index in [1.807, 2.05) is 42.6 Å². The van der Waals surface area contributed by atoms with Crippen molar-refractivity contribution in [3.05, 3.63) is 74.1 Å². The number of hydrogen-bond acceptors (Lipinski definition) is 4. The summed E-state index contributed by atoms with van der Waals surface area (Å²) in [6, 6.07) is 9.98. The number of benzene rings is 1. The van der Waals surface area contributed by atoms with Gasteiger partial charge in [0.05, 0.1) is 24.1 Å². The largest absolute Gasteiger partial charge is 0.332 e. The minimum absolute atomic E-state index is 0.00376. The fraction of sp³-hybridized carbons (Fsp3) is 0.211. The Labute approximate surface area is 149 Å². The van der Waals surface area contributed by atoms with Gasteiger partial charge in [-0.05, 0) is 18.9 Å². The van der Waals surface area contributed by atoms with Crippen LogP contribution in [0.3, 0.4) is 0 Å². The fourth-order valence-corrected chi connectivity index (χ4v) is 4.14. The van der Waals surface area contributed by atoms with Crippen LogP contribution in [0.1, 0.15) is 26.5 Å². The first-order chi connectivity index (χ1) is 12.1. The maximum absolute atomic E-state index is 13.1. The number of H-pyrrole nitrogens is 1. The standard InChI is InChI=1S/C19H17N3O2S/c1-12-17(13-5-3-2-4-6-13)15(10-25-12)19(24)22-8-7-14-16(9-22)20-11-21-18(14)23/h2-6,10-11H,7-9H2,1H3,(H,20,21,23). The van der Waals surface area contributed by atoms with Gasteiger partial charge in [-0.25, -0.2) is 4.98 Å². The van der Waals surface area contributed by atoms with Crippen molar-refractivity contribution in [2.75, 3.05) is 6.54 Å². The molecule has 0 radical (unpaired) electrons. The normalized spacial score (nSPS) is 13.6. The van der Waals surface area contributed by atoms with Gasteiger partial charge in [0.25, 0.3) is 11.5 Å². The van der Waals surface area contributed by atoms with Crippen molar-refractivity contribution >= 4 is 17.2 Å². The zero-order valence-corrected chi connectivity index (χ0v) is 14.6. The molecule has 3 heterocycles. The topological polar surface area (TPSA) is 66.1 Å². The molecule has 25 heavy (non-hydrogen) atoms. The Bertz CT molecular complexity index is 991. The summed E-state index contributed by atoms with van der Waals surface area (Å²) < 4.78 is 0. The summed E-state index contributed by atoms with van der Waals surface area (Å²) in [5.41, 5.74) is 4.06. The highest BCUT2D eigenvalue weighted by Crippen LogP contribution is 2.33. The Kier molecular flexibility index (Phi) is 3.97. The zero-order chi connectivity index (χ0) is 17.4. The van der Waals surface area contributed by atoms with Crippen molar-refractivity contribution in [2.45, 2.75) is 19.9 Å². The summed E-state index contributed by atoms with van der Waals surface area (Å²) >= 11 is 1.59. The summed E-state index contributed by atoms with van der Waals surface area (Å²) in [4.78, 5) is 34.7. The van der Waals surface area contributed by atoms with Crippen LogP contribution in [0.2, 0.25) is 0 Å². The summed E-state index contributed by atoms with van der Waals surface area (Å²) in [7, 11) is 0. The molecular formula is C19H17N3O2S. The van der Waals surface area contributed by atoms with Gasteiger partial charge >= 0.3 is 0 Å². The smallest absolute Gasteiger partial charge is 0.255 e. The first-order valence-corrected chi connectivity index (χ1v) is 9.01. The van der Waals surface area contributed by atoms with Gasteiger partial charge in [0, 0.05) is 27.9 Å². The van der Waals surface area contributed by atoms with Crippen LogP contribution >= 0.6 is 11.3 Å². The Hall–Kier alpha value is -2.73. The average molecular weight is 351 g/mol. The third-order valence-corrected chi connectivity index (χ3v) is 5.48. The predicted octanol–water partition coefficient (Wildman–Crippen LogP) is 3.01. The van der Waals surface area contributed by atoms with Crippen molar-refractivity contribution in [2.24, 2.45) is 0 Å². The molecule has 0 unspecified atom stereocenters. The highest BCUT2D eigenvalue weighted by atomic mass is 32.1. The molecule has 0 spiro atoms. The average Bonchev–Trinajstić information content (AvgIpc) is 3.03. The SMILES string of the molecule is Cc1scc(C(=O)N2CCc3c(nc[nH]c3=O)C2)c1-c1ccccc1. The van der Waals surface area contributed by atoms with Gasteiger partial charge in [0.15, 0.2) is 0 Å². The second-order valence-electron chi connectivity index (χ2n) is 6.08. The molecule has 2 aromatic heterocycles. The van der Waals surface area contributed by atoms with E-state index in [-0.39, 0.29) is 11.5 Å². The fourth-order valence-electron chi connectivity index (χ4n) is 3.29. The van der Waals surface area contributed by atoms with Crippen molar-refractivity contribution in [1.82, 2.24) is 14.9 Å². The van der Waals surface area contributed by atoms with E-state index in [9.17, 15) is 9.59 Å². The third-order valence-electron chi connectivity index (χ3n) is 4.57. The van der Waals surface area contributed by atoms with Gasteiger partial charge in [0.2, 0.25) is 0 Å². The molecule has 0 bridgehead atoms. The number of carbonyl (C=O) groups excluding carboxylic acids is 1. The molecule has 0 atom stereocenters. The van der Waals surface area contributed by atoms with E-state index < -0.39 is 0 Å². The number of rotatable bonds is 2. The van der Waals surface area contributed by atoms with E-state index in [1.54, 1.807) is 16.2 Å². The number of nitrogens with zero attached hydrogens (tertiary/aromatic N) is 2. The van der Waals surface area contributed by atoms with Crippen molar-refractivity contribution in [1.29, 1.82) is 0 Å². The number of fused-ring (bicyclic) bond motifs is 1. The second-order valence-corrected chi connectivity index (χ2v) is 7.16. The van der Waals surface area contributed by atoms with Crippen molar-refractivity contribution in [3.63, 3.8) is 0 Å². The molecular weight excluding hydrogens is 334 g/mol. The van der Waals surface area contributed by atoms with Gasteiger partial charge in [-0.1, -0.05) is 30.3 Å². The quantitative estimate of drug-likeness (QED) is 0.772. The van der Waals surface area contributed by atoms with Gasteiger partial charge < -0.3 is 9.88 Å². The summed E-state index contributed by atoms with van der Waals surface area (Å²) in [6.45, 7) is 2.95. The number of nitrogens with one attached hydrogen (secondary N) is 1. The van der Waals surface area contributed by atoms with Crippen LogP contribution in [-0.2, 0) is 13.0 Å². The maximum Gasteiger partial charge on any atom is 0.255 e. The van der Waals surface area contributed by atoms with Gasteiger partial charge in [0.1, 0.15) is 0 Å². The van der Waals surface area contributed by atoms with E-state index in [1.165, 1.54) is 6.33 Å². The highest BCUT2D eigenvalue weighted by Gasteiger charge is 2.27. The van der Waals surface area contributed by atoms with Crippen LogP contribution in [0.15, 0.2) is 46.8 Å². The first kappa shape index (κ1) is 15.8. The second kappa shape index (κ2) is 6.29. The van der Waals surface area contributed by atoms with Crippen molar-refractivity contribution in [3.8, 4) is 11.1 Å². The molecule has 126 valence electrons. The minimum Gasteiger partial charge on any atom is -0.332 e. The molecule has 0 saturated heterocycles. The Morgan fingerprint density at radius 3 is 2.88 bits per heavy atom. The highest BCUT2D eigenvalue weighted by molar-refractivity contribution is 7.10. The summed E-state index contributed by atoms with van der Waals surface area (Å²) in [5, 5.41) is 1.93. The number of aryl methyl sites for hydroxylation is 1. The number of hydrogen-bond donors (Lipinski definition) is 1. The van der Waals surface area contributed by atoms with Crippen LogP contribution in [0, 0.1) is 6.92 Å². The van der Waals surface area contributed by atoms with Crippen molar-refractivity contribution < 1.29 is 4.79 Å². The van der Waals surface area contributed by atoms with Crippen LogP contribution < -0.4 is 5.56 Å². The zero-order valence-electron chi connectivity index (χ0n) is 13.8. The van der Waals surface area contributed by atoms with Gasteiger partial charge in [-0.2, -0.15) is 0 Å². The van der Waals surface area contributed by atoms with Gasteiger partial charge in [-0.3, -0.25) is 9.59 Å². The molecule has 4 rings (SSSR count). The lowest BCUT2D eigenvalue weighted by Gasteiger charge is -2.27. The maximum atomic E-state index is 13.1. The molecule has 1 amide bonds. The Morgan fingerprint density at radius 1 is 1.28 bits per heavy atom. The van der Waals surface area contributed by atoms with Gasteiger partial charge in [-0.15, -0.1) is 11.3 Å². The van der Waals surface area contributed by atoms with Crippen LogP contribution in [-0.4, -0.2) is 27.3 Å². The lowest BCUT2D eigenvalue weighted by molar-refractivity contribution is 0.0732. The number of carbonyl (C=O) groups is 1. The molecule has 1 N–H and O–H groups in total. The van der Waals surface area contributed by atoms with E-state index in [0.717, 1.165) is 21.6 Å². The molecule has 6 heteroatoms. The Balaban J connectivity index is 1.68. The number of thiophene rings is 1. The minimum atomic E-state index is -0.103. The summed E-state index contributed by atoms with van der Waals surface area (Å²) in [5.74, 6) is -0.00376. The van der Waals surface area contributed by atoms with E-state index in [4.69, 9.17) is 0 Å². The Morgan fingerprint density at radius 2 is 2.08 bits per heavy atom.